The van der Waals surface area contributed by atoms with E-state index in [9.17, 15) is 0 Å². The summed E-state index contributed by atoms with van der Waals surface area (Å²) in [4.78, 5) is 9.21. The Morgan fingerprint density at radius 3 is 3.00 bits per heavy atom. The molecule has 1 N–H and O–H groups in total. The highest BCUT2D eigenvalue weighted by Gasteiger charge is 2.33. The largest absolute Gasteiger partial charge is 0.461 e. The van der Waals surface area contributed by atoms with Crippen LogP contribution in [0.2, 0.25) is 0 Å². The summed E-state index contributed by atoms with van der Waals surface area (Å²) in [6, 6.07) is 4.12. The zero-order valence-corrected chi connectivity index (χ0v) is 12.3. The highest BCUT2D eigenvalue weighted by Crippen LogP contribution is 2.40. The highest BCUT2D eigenvalue weighted by molar-refractivity contribution is 5.47. The average Bonchev–Trinajstić information content (AvgIpc) is 2.90. The van der Waals surface area contributed by atoms with E-state index in [4.69, 9.17) is 9.40 Å². The molecule has 2 aromatic heterocycles. The fourth-order valence-corrected chi connectivity index (χ4v) is 3.00. The smallest absolute Gasteiger partial charge is 0.195 e. The summed E-state index contributed by atoms with van der Waals surface area (Å²) >= 11 is 0. The lowest BCUT2D eigenvalue weighted by Crippen LogP contribution is -2.34. The first-order valence-corrected chi connectivity index (χ1v) is 7.22. The van der Waals surface area contributed by atoms with Gasteiger partial charge in [-0.3, -0.25) is 0 Å². The summed E-state index contributed by atoms with van der Waals surface area (Å²) in [5.74, 6) is 1.41. The maximum absolute atomic E-state index is 5.40. The van der Waals surface area contributed by atoms with E-state index in [1.165, 1.54) is 5.56 Å². The van der Waals surface area contributed by atoms with E-state index < -0.39 is 0 Å². The maximum Gasteiger partial charge on any atom is 0.195 e. The second-order valence-corrected chi connectivity index (χ2v) is 6.23. The minimum absolute atomic E-state index is 0.259. The van der Waals surface area contributed by atoms with Crippen LogP contribution in [-0.2, 0) is 6.42 Å². The van der Waals surface area contributed by atoms with Crippen molar-refractivity contribution < 1.29 is 4.42 Å². The third-order valence-corrected chi connectivity index (χ3v) is 3.87. The topological polar surface area (TPSA) is 51.0 Å². The van der Waals surface area contributed by atoms with Gasteiger partial charge in [-0.15, -0.1) is 0 Å². The molecule has 0 aromatic carbocycles. The van der Waals surface area contributed by atoms with Gasteiger partial charge in [0.05, 0.1) is 6.26 Å². The molecule has 4 heteroatoms. The highest BCUT2D eigenvalue weighted by atomic mass is 16.3. The van der Waals surface area contributed by atoms with Crippen LogP contribution in [0.1, 0.15) is 44.5 Å². The van der Waals surface area contributed by atoms with Gasteiger partial charge in [0.25, 0.3) is 0 Å². The lowest BCUT2D eigenvalue weighted by atomic mass is 9.74. The molecule has 0 bridgehead atoms. The van der Waals surface area contributed by atoms with Gasteiger partial charge in [-0.1, -0.05) is 20.8 Å². The van der Waals surface area contributed by atoms with Crippen molar-refractivity contribution in [1.29, 1.82) is 0 Å². The van der Waals surface area contributed by atoms with Crippen molar-refractivity contribution in [3.63, 3.8) is 0 Å². The van der Waals surface area contributed by atoms with Crippen molar-refractivity contribution in [3.05, 3.63) is 35.9 Å². The standard InChI is InChI=1S/C16H21N3O/c1-4-17-12-8-16(2,3)9-13-11(12)10-18-15(19-13)14-6-5-7-20-14/h5-7,10,12,17H,4,8-9H2,1-3H3. The van der Waals surface area contributed by atoms with Crippen molar-refractivity contribution in [2.45, 2.75) is 39.7 Å². The Hall–Kier alpha value is -1.68. The number of fused-ring (bicyclic) bond motifs is 1. The van der Waals surface area contributed by atoms with Gasteiger partial charge >= 0.3 is 0 Å². The summed E-state index contributed by atoms with van der Waals surface area (Å²) in [6.45, 7) is 7.70. The quantitative estimate of drug-likeness (QED) is 0.930. The van der Waals surface area contributed by atoms with Crippen LogP contribution in [0.25, 0.3) is 11.6 Å². The normalized spacial score (nSPS) is 20.6. The van der Waals surface area contributed by atoms with Gasteiger partial charge in [-0.25, -0.2) is 9.97 Å². The van der Waals surface area contributed by atoms with Crippen LogP contribution in [0.4, 0.5) is 0 Å². The predicted molar refractivity (Wildman–Crippen MR) is 78.3 cm³/mol. The van der Waals surface area contributed by atoms with Crippen LogP contribution in [0.5, 0.6) is 0 Å². The third kappa shape index (κ3) is 2.48. The van der Waals surface area contributed by atoms with E-state index in [1.54, 1.807) is 6.26 Å². The van der Waals surface area contributed by atoms with Crippen molar-refractivity contribution in [1.82, 2.24) is 15.3 Å². The average molecular weight is 271 g/mol. The van der Waals surface area contributed by atoms with Crippen molar-refractivity contribution in [2.24, 2.45) is 5.41 Å². The maximum atomic E-state index is 5.40. The van der Waals surface area contributed by atoms with Crippen LogP contribution in [0.15, 0.2) is 29.0 Å². The molecular weight excluding hydrogens is 250 g/mol. The van der Waals surface area contributed by atoms with Gasteiger partial charge in [0.1, 0.15) is 0 Å². The third-order valence-electron chi connectivity index (χ3n) is 3.87. The first-order chi connectivity index (χ1) is 9.59. The number of nitrogens with zero attached hydrogens (tertiary/aromatic N) is 2. The molecule has 1 aliphatic carbocycles. The van der Waals surface area contributed by atoms with Gasteiger partial charge in [-0.2, -0.15) is 0 Å². The van der Waals surface area contributed by atoms with Crippen molar-refractivity contribution >= 4 is 0 Å². The Bertz CT molecular complexity index is 590. The van der Waals surface area contributed by atoms with E-state index in [1.807, 2.05) is 18.3 Å². The molecule has 2 aromatic rings. The molecule has 20 heavy (non-hydrogen) atoms. The molecular formula is C16H21N3O. The second kappa shape index (κ2) is 5.02. The zero-order valence-electron chi connectivity index (χ0n) is 12.3. The summed E-state index contributed by atoms with van der Waals surface area (Å²) in [6.07, 6.45) is 5.73. The first kappa shape index (κ1) is 13.3. The molecule has 1 unspecified atom stereocenters. The van der Waals surface area contributed by atoms with E-state index in [0.717, 1.165) is 30.8 Å². The number of hydrogen-bond acceptors (Lipinski definition) is 4. The first-order valence-electron chi connectivity index (χ1n) is 7.22. The number of furan rings is 1. The zero-order chi connectivity index (χ0) is 14.2. The molecule has 0 fully saturated rings. The Morgan fingerprint density at radius 2 is 2.30 bits per heavy atom. The molecule has 106 valence electrons. The number of aromatic nitrogens is 2. The lowest BCUT2D eigenvalue weighted by molar-refractivity contribution is 0.255. The molecule has 1 atom stereocenters. The number of nitrogens with one attached hydrogen (secondary N) is 1. The van der Waals surface area contributed by atoms with Crippen LogP contribution in [0.3, 0.4) is 0 Å². The summed E-state index contributed by atoms with van der Waals surface area (Å²) in [7, 11) is 0. The van der Waals surface area contributed by atoms with Crippen LogP contribution >= 0.6 is 0 Å². The SMILES string of the molecule is CCNC1CC(C)(C)Cc2nc(-c3ccco3)ncc21. The minimum Gasteiger partial charge on any atom is -0.461 e. The van der Waals surface area contributed by atoms with E-state index in [0.29, 0.717) is 11.9 Å². The fraction of sp³-hybridized carbons (Fsp3) is 0.500. The molecule has 0 saturated heterocycles. The fourth-order valence-electron chi connectivity index (χ4n) is 3.00. The van der Waals surface area contributed by atoms with Gasteiger partial charge in [0, 0.05) is 23.5 Å². The lowest BCUT2D eigenvalue weighted by Gasteiger charge is -2.36. The molecule has 0 saturated carbocycles. The molecule has 0 radical (unpaired) electrons. The number of hydrogen-bond donors (Lipinski definition) is 1. The van der Waals surface area contributed by atoms with Gasteiger partial charge in [-0.05, 0) is 36.9 Å². The Labute approximate surface area is 119 Å². The molecule has 4 nitrogen and oxygen atoms in total. The monoisotopic (exact) mass is 271 g/mol. The van der Waals surface area contributed by atoms with Gasteiger partial charge < -0.3 is 9.73 Å². The summed E-state index contributed by atoms with van der Waals surface area (Å²) < 4.78 is 5.40. The van der Waals surface area contributed by atoms with Crippen molar-refractivity contribution in [3.8, 4) is 11.6 Å². The van der Waals surface area contributed by atoms with Gasteiger partial charge in [0.15, 0.2) is 11.6 Å². The van der Waals surface area contributed by atoms with Crippen LogP contribution < -0.4 is 5.32 Å². The Balaban J connectivity index is 2.01. The minimum atomic E-state index is 0.259. The molecule has 2 heterocycles. The van der Waals surface area contributed by atoms with E-state index in [-0.39, 0.29) is 5.41 Å². The van der Waals surface area contributed by atoms with Crippen molar-refractivity contribution in [2.75, 3.05) is 6.54 Å². The number of rotatable bonds is 3. The Kier molecular flexibility index (Phi) is 3.34. The summed E-state index contributed by atoms with van der Waals surface area (Å²) in [5, 5.41) is 3.55. The Morgan fingerprint density at radius 1 is 1.45 bits per heavy atom. The van der Waals surface area contributed by atoms with Crippen LogP contribution in [-0.4, -0.2) is 16.5 Å². The molecule has 3 rings (SSSR count). The predicted octanol–water partition coefficient (Wildman–Crippen LogP) is 3.36. The summed E-state index contributed by atoms with van der Waals surface area (Å²) in [5.41, 5.74) is 2.64. The molecule has 0 amide bonds. The van der Waals surface area contributed by atoms with Gasteiger partial charge in [0.2, 0.25) is 0 Å². The van der Waals surface area contributed by atoms with E-state index >= 15 is 0 Å². The molecule has 0 spiro atoms. The second-order valence-electron chi connectivity index (χ2n) is 6.23. The van der Waals surface area contributed by atoms with Crippen LogP contribution in [0, 0.1) is 5.41 Å². The van der Waals surface area contributed by atoms with E-state index in [2.05, 4.69) is 31.1 Å². The molecule has 1 aliphatic rings. The molecule has 0 aliphatic heterocycles.